The van der Waals surface area contributed by atoms with Gasteiger partial charge in [-0.25, -0.2) is 0 Å². The van der Waals surface area contributed by atoms with E-state index in [1.165, 1.54) is 0 Å². The molecule has 1 unspecified atom stereocenters. The number of amides is 1. The van der Waals surface area contributed by atoms with Crippen LogP contribution in [-0.2, 0) is 15.0 Å². The molecule has 1 atom stereocenters. The van der Waals surface area contributed by atoms with E-state index in [0.717, 1.165) is 22.9 Å². The van der Waals surface area contributed by atoms with Crippen LogP contribution in [-0.4, -0.2) is 35.5 Å². The van der Waals surface area contributed by atoms with Crippen molar-refractivity contribution in [2.75, 3.05) is 13.6 Å². The van der Waals surface area contributed by atoms with Crippen molar-refractivity contribution in [2.45, 2.75) is 25.2 Å². The van der Waals surface area contributed by atoms with E-state index in [2.05, 4.69) is 15.9 Å². The molecule has 1 aliphatic rings. The molecule has 0 bridgehead atoms. The van der Waals surface area contributed by atoms with Crippen molar-refractivity contribution >= 4 is 27.8 Å². The number of carbonyl (C=O) groups excluding carboxylic acids is 1. The Morgan fingerprint density at radius 3 is 2.60 bits per heavy atom. The van der Waals surface area contributed by atoms with Crippen LogP contribution in [0.1, 0.15) is 25.3 Å². The summed E-state index contributed by atoms with van der Waals surface area (Å²) in [6.45, 7) is 1.86. The molecule has 1 aromatic rings. The first-order chi connectivity index (χ1) is 9.36. The highest BCUT2D eigenvalue weighted by Crippen LogP contribution is 2.49. The van der Waals surface area contributed by atoms with Gasteiger partial charge in [0.1, 0.15) is 0 Å². The summed E-state index contributed by atoms with van der Waals surface area (Å²) in [5.74, 6) is -1.41. The molecular weight excluding hydrogens is 322 g/mol. The first kappa shape index (κ1) is 15.0. The van der Waals surface area contributed by atoms with Gasteiger partial charge < -0.3 is 10.0 Å². The fourth-order valence-corrected chi connectivity index (χ4v) is 2.87. The van der Waals surface area contributed by atoms with E-state index in [1.54, 1.807) is 18.9 Å². The summed E-state index contributed by atoms with van der Waals surface area (Å²) in [6, 6.07) is 7.79. The summed E-state index contributed by atoms with van der Waals surface area (Å²) in [5.41, 5.74) is 0.559. The number of likely N-dealkylation sites (N-methyl/N-ethyl adjacent to an activating group) is 1. The standard InChI is InChI=1S/C15H18BrNO3/c1-10(13(18)19)9-17(2)14(20)15(6-7-15)11-4-3-5-12(16)8-11/h3-5,8,10H,6-7,9H2,1-2H3,(H,18,19). The monoisotopic (exact) mass is 339 g/mol. The van der Waals surface area contributed by atoms with E-state index in [-0.39, 0.29) is 12.5 Å². The van der Waals surface area contributed by atoms with Crippen LogP contribution in [0.25, 0.3) is 0 Å². The zero-order valence-electron chi connectivity index (χ0n) is 11.6. The van der Waals surface area contributed by atoms with E-state index in [9.17, 15) is 9.59 Å². The Morgan fingerprint density at radius 2 is 2.10 bits per heavy atom. The molecule has 0 aliphatic heterocycles. The molecule has 1 aromatic carbocycles. The van der Waals surface area contributed by atoms with E-state index >= 15 is 0 Å². The number of hydrogen-bond donors (Lipinski definition) is 1. The Morgan fingerprint density at radius 1 is 1.45 bits per heavy atom. The van der Waals surface area contributed by atoms with Crippen molar-refractivity contribution in [3.05, 3.63) is 34.3 Å². The topological polar surface area (TPSA) is 57.6 Å². The van der Waals surface area contributed by atoms with E-state index in [4.69, 9.17) is 5.11 Å². The molecule has 0 heterocycles. The average molecular weight is 340 g/mol. The Balaban J connectivity index is 2.14. The molecule has 0 aromatic heterocycles. The third kappa shape index (κ3) is 2.87. The number of aliphatic carboxylic acids is 1. The highest BCUT2D eigenvalue weighted by Gasteiger charge is 2.52. The molecule has 5 heteroatoms. The van der Waals surface area contributed by atoms with Gasteiger partial charge in [-0.2, -0.15) is 0 Å². The van der Waals surface area contributed by atoms with Gasteiger partial charge in [-0.3, -0.25) is 9.59 Å². The normalized spacial score (nSPS) is 17.4. The van der Waals surface area contributed by atoms with Gasteiger partial charge in [0.25, 0.3) is 0 Å². The first-order valence-corrected chi connectivity index (χ1v) is 7.40. The molecule has 108 valence electrons. The van der Waals surface area contributed by atoms with Crippen LogP contribution in [0.4, 0.5) is 0 Å². The van der Waals surface area contributed by atoms with Crippen LogP contribution < -0.4 is 0 Å². The number of benzene rings is 1. The van der Waals surface area contributed by atoms with Gasteiger partial charge in [0.2, 0.25) is 5.91 Å². The summed E-state index contributed by atoms with van der Waals surface area (Å²) in [7, 11) is 1.68. The van der Waals surface area contributed by atoms with Gasteiger partial charge in [0.15, 0.2) is 0 Å². The fourth-order valence-electron chi connectivity index (χ4n) is 2.47. The van der Waals surface area contributed by atoms with Crippen molar-refractivity contribution in [2.24, 2.45) is 5.92 Å². The summed E-state index contributed by atoms with van der Waals surface area (Å²) in [4.78, 5) is 25.1. The predicted octanol–water partition coefficient (Wildman–Crippen LogP) is 2.66. The Labute approximate surface area is 126 Å². The van der Waals surface area contributed by atoms with Gasteiger partial charge in [0.05, 0.1) is 11.3 Å². The van der Waals surface area contributed by atoms with E-state index < -0.39 is 17.3 Å². The minimum Gasteiger partial charge on any atom is -0.481 e. The quantitative estimate of drug-likeness (QED) is 0.897. The summed E-state index contributed by atoms with van der Waals surface area (Å²) >= 11 is 3.43. The van der Waals surface area contributed by atoms with Crippen molar-refractivity contribution in [3.63, 3.8) is 0 Å². The van der Waals surface area contributed by atoms with Crippen LogP contribution in [0.3, 0.4) is 0 Å². The van der Waals surface area contributed by atoms with Gasteiger partial charge >= 0.3 is 5.97 Å². The molecule has 2 rings (SSSR count). The number of hydrogen-bond acceptors (Lipinski definition) is 2. The Bertz CT molecular complexity index is 540. The SMILES string of the molecule is CC(CN(C)C(=O)C1(c2cccc(Br)c2)CC1)C(=O)O. The predicted molar refractivity (Wildman–Crippen MR) is 79.5 cm³/mol. The van der Waals surface area contributed by atoms with E-state index in [1.807, 2.05) is 24.3 Å². The zero-order valence-corrected chi connectivity index (χ0v) is 13.2. The van der Waals surface area contributed by atoms with Crippen LogP contribution in [0.5, 0.6) is 0 Å². The lowest BCUT2D eigenvalue weighted by Gasteiger charge is -2.25. The van der Waals surface area contributed by atoms with Gasteiger partial charge in [-0.05, 0) is 30.5 Å². The minimum atomic E-state index is -0.878. The number of carbonyl (C=O) groups is 2. The molecule has 1 saturated carbocycles. The third-order valence-corrected chi connectivity index (χ3v) is 4.35. The maximum atomic E-state index is 12.6. The highest BCUT2D eigenvalue weighted by molar-refractivity contribution is 9.10. The molecule has 1 fully saturated rings. The van der Waals surface area contributed by atoms with Crippen molar-refractivity contribution in [1.29, 1.82) is 0 Å². The first-order valence-electron chi connectivity index (χ1n) is 6.61. The third-order valence-electron chi connectivity index (χ3n) is 3.85. The van der Waals surface area contributed by atoms with Gasteiger partial charge in [0, 0.05) is 18.1 Å². The lowest BCUT2D eigenvalue weighted by molar-refractivity contribution is -0.143. The molecule has 20 heavy (non-hydrogen) atoms. The zero-order chi connectivity index (χ0) is 14.9. The number of carboxylic acid groups (broad SMARTS) is 1. The Kier molecular flexibility index (Phi) is 4.18. The lowest BCUT2D eigenvalue weighted by atomic mass is 9.94. The fraction of sp³-hybridized carbons (Fsp3) is 0.467. The second-order valence-electron chi connectivity index (χ2n) is 5.52. The largest absolute Gasteiger partial charge is 0.481 e. The lowest BCUT2D eigenvalue weighted by Crippen LogP contribution is -2.40. The molecule has 1 aliphatic carbocycles. The summed E-state index contributed by atoms with van der Waals surface area (Å²) in [6.07, 6.45) is 1.65. The molecule has 1 amide bonds. The van der Waals surface area contributed by atoms with Crippen LogP contribution in [0.15, 0.2) is 28.7 Å². The van der Waals surface area contributed by atoms with Crippen molar-refractivity contribution in [3.8, 4) is 0 Å². The number of carboxylic acids is 1. The summed E-state index contributed by atoms with van der Waals surface area (Å²) < 4.78 is 0.954. The maximum absolute atomic E-state index is 12.6. The average Bonchev–Trinajstić information content (AvgIpc) is 3.19. The molecule has 1 N–H and O–H groups in total. The maximum Gasteiger partial charge on any atom is 0.308 e. The van der Waals surface area contributed by atoms with Crippen LogP contribution >= 0.6 is 15.9 Å². The van der Waals surface area contributed by atoms with Crippen molar-refractivity contribution < 1.29 is 14.7 Å². The molecule has 4 nitrogen and oxygen atoms in total. The molecular formula is C15H18BrNO3. The second kappa shape index (κ2) is 5.56. The number of rotatable bonds is 5. The smallest absolute Gasteiger partial charge is 0.308 e. The van der Waals surface area contributed by atoms with Gasteiger partial charge in [-0.1, -0.05) is 35.0 Å². The van der Waals surface area contributed by atoms with Crippen LogP contribution in [0.2, 0.25) is 0 Å². The van der Waals surface area contributed by atoms with Crippen LogP contribution in [0, 0.1) is 5.92 Å². The molecule has 0 saturated heterocycles. The molecule has 0 radical (unpaired) electrons. The van der Waals surface area contributed by atoms with Crippen molar-refractivity contribution in [1.82, 2.24) is 4.90 Å². The molecule has 0 spiro atoms. The van der Waals surface area contributed by atoms with E-state index in [0.29, 0.717) is 0 Å². The Hall–Kier alpha value is -1.36. The second-order valence-corrected chi connectivity index (χ2v) is 6.43. The highest BCUT2D eigenvalue weighted by atomic mass is 79.9. The summed E-state index contributed by atoms with van der Waals surface area (Å²) in [5, 5.41) is 8.94. The number of nitrogens with zero attached hydrogens (tertiary/aromatic N) is 1. The minimum absolute atomic E-state index is 0.0173. The van der Waals surface area contributed by atoms with Gasteiger partial charge in [-0.15, -0.1) is 0 Å². The number of halogens is 1.